The molecular weight excluding hydrogens is 308 g/mol. The Morgan fingerprint density at radius 1 is 1.43 bits per heavy atom. The lowest BCUT2D eigenvalue weighted by Gasteiger charge is -2.16. The van der Waals surface area contributed by atoms with Gasteiger partial charge in [-0.05, 0) is 25.3 Å². The number of carbonyl (C=O) groups excluding carboxylic acids is 1. The van der Waals surface area contributed by atoms with Crippen molar-refractivity contribution in [1.29, 1.82) is 0 Å². The van der Waals surface area contributed by atoms with E-state index in [0.717, 1.165) is 29.4 Å². The van der Waals surface area contributed by atoms with E-state index in [1.54, 1.807) is 0 Å². The molecule has 0 aliphatic heterocycles. The summed E-state index contributed by atoms with van der Waals surface area (Å²) < 4.78 is 1.97. The van der Waals surface area contributed by atoms with Gasteiger partial charge in [-0.1, -0.05) is 48.2 Å². The molecule has 1 aromatic heterocycles. The lowest BCUT2D eigenvalue weighted by atomic mass is 10.1. The standard InChI is InChI=1S/C17H20N4OS/c1-3-11-21-12(2)19-20-17(21)23-15(13-7-5-4-6-8-13)16(22)18-14-9-10-14/h3-8,14-15H,1,9-11H2,2H3,(H,18,22)/t15-/m0/s1. The summed E-state index contributed by atoms with van der Waals surface area (Å²) in [6.07, 6.45) is 3.95. The van der Waals surface area contributed by atoms with Gasteiger partial charge in [-0.3, -0.25) is 4.79 Å². The number of allylic oxidation sites excluding steroid dienone is 1. The molecule has 6 heteroatoms. The van der Waals surface area contributed by atoms with Gasteiger partial charge >= 0.3 is 0 Å². The van der Waals surface area contributed by atoms with Crippen LogP contribution in [-0.2, 0) is 11.3 Å². The van der Waals surface area contributed by atoms with Crippen molar-refractivity contribution >= 4 is 17.7 Å². The topological polar surface area (TPSA) is 59.8 Å². The maximum atomic E-state index is 12.7. The number of thioether (sulfide) groups is 1. The van der Waals surface area contributed by atoms with E-state index in [-0.39, 0.29) is 11.2 Å². The average molecular weight is 328 g/mol. The molecule has 0 spiro atoms. The third-order valence-electron chi connectivity index (χ3n) is 3.70. The number of nitrogens with one attached hydrogen (secondary N) is 1. The van der Waals surface area contributed by atoms with Gasteiger partial charge in [0, 0.05) is 12.6 Å². The van der Waals surface area contributed by atoms with Crippen LogP contribution >= 0.6 is 11.8 Å². The Hall–Kier alpha value is -2.08. The predicted octanol–water partition coefficient (Wildman–Crippen LogP) is 2.88. The van der Waals surface area contributed by atoms with Gasteiger partial charge in [0.15, 0.2) is 5.16 Å². The number of aromatic nitrogens is 3. The van der Waals surface area contributed by atoms with E-state index in [0.29, 0.717) is 12.6 Å². The van der Waals surface area contributed by atoms with Crippen molar-refractivity contribution in [2.45, 2.75) is 42.8 Å². The Balaban J connectivity index is 1.86. The highest BCUT2D eigenvalue weighted by atomic mass is 32.2. The molecule has 5 nitrogen and oxygen atoms in total. The van der Waals surface area contributed by atoms with Crippen molar-refractivity contribution in [1.82, 2.24) is 20.1 Å². The Labute approximate surface area is 140 Å². The van der Waals surface area contributed by atoms with Crippen LogP contribution in [0.15, 0.2) is 48.1 Å². The predicted molar refractivity (Wildman–Crippen MR) is 91.2 cm³/mol. The van der Waals surface area contributed by atoms with Gasteiger partial charge in [-0.2, -0.15) is 0 Å². The fourth-order valence-corrected chi connectivity index (χ4v) is 3.40. The number of hydrogen-bond acceptors (Lipinski definition) is 4. The molecule has 120 valence electrons. The first kappa shape index (κ1) is 15.8. The van der Waals surface area contributed by atoms with Crippen LogP contribution in [0.25, 0.3) is 0 Å². The lowest BCUT2D eigenvalue weighted by Crippen LogP contribution is -2.30. The minimum absolute atomic E-state index is 0.0366. The Bertz CT molecular complexity index is 694. The smallest absolute Gasteiger partial charge is 0.238 e. The van der Waals surface area contributed by atoms with Gasteiger partial charge in [-0.25, -0.2) is 0 Å². The number of aryl methyl sites for hydroxylation is 1. The van der Waals surface area contributed by atoms with Crippen LogP contribution < -0.4 is 5.32 Å². The van der Waals surface area contributed by atoms with Crippen LogP contribution in [0.5, 0.6) is 0 Å². The van der Waals surface area contributed by atoms with Gasteiger partial charge in [-0.15, -0.1) is 16.8 Å². The summed E-state index contributed by atoms with van der Waals surface area (Å²) in [7, 11) is 0. The van der Waals surface area contributed by atoms with Crippen LogP contribution in [0.2, 0.25) is 0 Å². The van der Waals surface area contributed by atoms with Crippen molar-refractivity contribution < 1.29 is 4.79 Å². The minimum Gasteiger partial charge on any atom is -0.352 e. The fraction of sp³-hybridized carbons (Fsp3) is 0.353. The molecule has 3 rings (SSSR count). The number of hydrogen-bond donors (Lipinski definition) is 1. The molecule has 1 saturated carbocycles. The molecule has 1 amide bonds. The van der Waals surface area contributed by atoms with Gasteiger partial charge in [0.2, 0.25) is 5.91 Å². The third-order valence-corrected chi connectivity index (χ3v) is 4.94. The second-order valence-corrected chi connectivity index (χ2v) is 6.69. The van der Waals surface area contributed by atoms with Crippen LogP contribution in [-0.4, -0.2) is 26.7 Å². The number of rotatable bonds is 7. The maximum Gasteiger partial charge on any atom is 0.238 e. The van der Waals surface area contributed by atoms with Gasteiger partial charge in [0.1, 0.15) is 11.1 Å². The lowest BCUT2D eigenvalue weighted by molar-refractivity contribution is -0.120. The number of amides is 1. The summed E-state index contributed by atoms with van der Waals surface area (Å²) >= 11 is 1.44. The molecule has 1 aliphatic rings. The molecule has 23 heavy (non-hydrogen) atoms. The average Bonchev–Trinajstić information content (AvgIpc) is 3.31. The molecule has 0 unspecified atom stereocenters. The number of carbonyl (C=O) groups is 1. The second kappa shape index (κ2) is 7.00. The number of nitrogens with zero attached hydrogens (tertiary/aromatic N) is 3. The summed E-state index contributed by atoms with van der Waals surface area (Å²) in [6, 6.07) is 10.1. The summed E-state index contributed by atoms with van der Waals surface area (Å²) in [4.78, 5) is 12.7. The normalized spacial score (nSPS) is 15.2. The monoisotopic (exact) mass is 328 g/mol. The van der Waals surface area contributed by atoms with Crippen molar-refractivity contribution in [3.05, 3.63) is 54.4 Å². The summed E-state index contributed by atoms with van der Waals surface area (Å²) in [5, 5.41) is 11.9. The van der Waals surface area contributed by atoms with Gasteiger partial charge in [0.05, 0.1) is 0 Å². The molecule has 1 N–H and O–H groups in total. The molecule has 0 radical (unpaired) electrons. The van der Waals surface area contributed by atoms with E-state index in [4.69, 9.17) is 0 Å². The Morgan fingerprint density at radius 2 is 2.17 bits per heavy atom. The van der Waals surface area contributed by atoms with Crippen molar-refractivity contribution in [3.8, 4) is 0 Å². The maximum absolute atomic E-state index is 12.7. The van der Waals surface area contributed by atoms with E-state index in [9.17, 15) is 4.79 Å². The highest BCUT2D eigenvalue weighted by Crippen LogP contribution is 2.35. The SMILES string of the molecule is C=CCn1c(C)nnc1S[C@H](C(=O)NC1CC1)c1ccccc1. The van der Waals surface area contributed by atoms with Gasteiger partial charge in [0.25, 0.3) is 0 Å². The van der Waals surface area contributed by atoms with Crippen LogP contribution in [0.3, 0.4) is 0 Å². The van der Waals surface area contributed by atoms with E-state index < -0.39 is 0 Å². The molecule has 1 aromatic carbocycles. The highest BCUT2D eigenvalue weighted by molar-refractivity contribution is 8.00. The zero-order chi connectivity index (χ0) is 16.2. The first-order valence-corrected chi connectivity index (χ1v) is 8.59. The fourth-order valence-electron chi connectivity index (χ4n) is 2.30. The zero-order valence-corrected chi connectivity index (χ0v) is 13.9. The van der Waals surface area contributed by atoms with E-state index in [1.807, 2.05) is 47.9 Å². The Kier molecular flexibility index (Phi) is 4.81. The summed E-state index contributed by atoms with van der Waals surface area (Å²) in [6.45, 7) is 6.31. The van der Waals surface area contributed by atoms with Crippen LogP contribution in [0.1, 0.15) is 29.5 Å². The molecule has 1 heterocycles. The first-order chi connectivity index (χ1) is 11.2. The van der Waals surface area contributed by atoms with Crippen molar-refractivity contribution in [3.63, 3.8) is 0 Å². The number of benzene rings is 1. The minimum atomic E-state index is -0.330. The van der Waals surface area contributed by atoms with Crippen molar-refractivity contribution in [2.24, 2.45) is 0 Å². The zero-order valence-electron chi connectivity index (χ0n) is 13.1. The quantitative estimate of drug-likeness (QED) is 0.627. The van der Waals surface area contributed by atoms with E-state index >= 15 is 0 Å². The van der Waals surface area contributed by atoms with E-state index in [2.05, 4.69) is 22.1 Å². The van der Waals surface area contributed by atoms with E-state index in [1.165, 1.54) is 11.8 Å². The molecule has 1 aliphatic carbocycles. The highest BCUT2D eigenvalue weighted by Gasteiger charge is 2.30. The molecule has 2 aromatic rings. The molecule has 0 bridgehead atoms. The largest absolute Gasteiger partial charge is 0.352 e. The third kappa shape index (κ3) is 3.82. The molecular formula is C17H20N4OS. The Morgan fingerprint density at radius 3 is 2.83 bits per heavy atom. The molecule has 1 atom stereocenters. The molecule has 1 fully saturated rings. The van der Waals surface area contributed by atoms with Crippen molar-refractivity contribution in [2.75, 3.05) is 0 Å². The molecule has 0 saturated heterocycles. The summed E-state index contributed by atoms with van der Waals surface area (Å²) in [5.74, 6) is 0.858. The summed E-state index contributed by atoms with van der Waals surface area (Å²) in [5.41, 5.74) is 0.974. The first-order valence-electron chi connectivity index (χ1n) is 7.71. The van der Waals surface area contributed by atoms with Crippen LogP contribution in [0.4, 0.5) is 0 Å². The second-order valence-electron chi connectivity index (χ2n) is 5.62. The van der Waals surface area contributed by atoms with Gasteiger partial charge < -0.3 is 9.88 Å². The van der Waals surface area contributed by atoms with Crippen LogP contribution in [0, 0.1) is 6.92 Å².